The minimum atomic E-state index is -2.06. The molecule has 0 N–H and O–H groups in total. The lowest BCUT2D eigenvalue weighted by Crippen LogP contribution is -2.48. The highest BCUT2D eigenvalue weighted by atomic mass is 28.3. The molecule has 2 heterocycles. The second-order valence-electron chi connectivity index (χ2n) is 9.99. The Bertz CT molecular complexity index is 1100. The number of fused-ring (bicyclic) bond motifs is 2. The second kappa shape index (κ2) is 8.85. The third-order valence-corrected chi connectivity index (χ3v) is 11.2. The van der Waals surface area contributed by atoms with Crippen molar-refractivity contribution in [1.82, 2.24) is 9.97 Å². The lowest BCUT2D eigenvalue weighted by molar-refractivity contribution is 1.07. The lowest BCUT2D eigenvalue weighted by Gasteiger charge is -2.44. The molecule has 0 unspecified atom stereocenters. The lowest BCUT2D eigenvalue weighted by atomic mass is 9.82. The van der Waals surface area contributed by atoms with Crippen LogP contribution in [0.5, 0.6) is 0 Å². The van der Waals surface area contributed by atoms with E-state index >= 15 is 0 Å². The standard InChI is InChI=1S/C32H28N2Si/c1-21-19-27-23(29-15-5-7-17-33-29)11-9-13-25(27)31(21)35(3,4)32-22(2)20-28-24(12-10-14-26(28)32)30-16-6-8-18-34-30/h5-20H,1-4H3. The summed E-state index contributed by atoms with van der Waals surface area (Å²) in [4.78, 5) is 9.30. The van der Waals surface area contributed by atoms with Gasteiger partial charge in [0, 0.05) is 36.1 Å². The van der Waals surface area contributed by atoms with E-state index in [0.29, 0.717) is 0 Å². The number of aromatic nitrogens is 2. The normalized spacial score (nSPS) is 23.5. The van der Waals surface area contributed by atoms with E-state index < -0.39 is 8.07 Å². The molecule has 2 nitrogen and oxygen atoms in total. The Morgan fingerprint density at radius 3 is 1.46 bits per heavy atom. The van der Waals surface area contributed by atoms with Crippen LogP contribution >= 0.6 is 0 Å². The van der Waals surface area contributed by atoms with Crippen molar-refractivity contribution in [2.45, 2.75) is 26.9 Å². The number of pyridine rings is 2. The summed E-state index contributed by atoms with van der Waals surface area (Å²) in [6, 6.07) is 12.3. The third kappa shape index (κ3) is 3.74. The van der Waals surface area contributed by atoms with Gasteiger partial charge in [-0.2, -0.15) is 0 Å². The largest absolute Gasteiger partial charge is 0.257 e. The number of allylic oxidation sites excluding steroid dienone is 8. The minimum absolute atomic E-state index is 1.03. The minimum Gasteiger partial charge on any atom is -0.257 e. The first-order valence-electron chi connectivity index (χ1n) is 12.2. The molecule has 2 aromatic rings. The van der Waals surface area contributed by atoms with Crippen LogP contribution in [0.4, 0.5) is 0 Å². The van der Waals surface area contributed by atoms with Gasteiger partial charge < -0.3 is 0 Å². The first kappa shape index (κ1) is 22.9. The van der Waals surface area contributed by atoms with E-state index in [0.717, 1.165) is 11.4 Å². The molecule has 10 radical (unpaired) electrons. The first-order chi connectivity index (χ1) is 17.0. The summed E-state index contributed by atoms with van der Waals surface area (Å²) in [6.45, 7) is 9.59. The Hall–Kier alpha value is -2.52. The van der Waals surface area contributed by atoms with E-state index in [1.165, 1.54) is 57.7 Å². The molecule has 0 amide bonds. The van der Waals surface area contributed by atoms with Gasteiger partial charge in [0.15, 0.2) is 0 Å². The highest BCUT2D eigenvalue weighted by Gasteiger charge is 2.59. The molecule has 0 bridgehead atoms. The van der Waals surface area contributed by atoms with Gasteiger partial charge >= 0.3 is 0 Å². The Balaban J connectivity index is 1.31. The van der Waals surface area contributed by atoms with Crippen molar-refractivity contribution in [2.24, 2.45) is 0 Å². The van der Waals surface area contributed by atoms with Crippen molar-refractivity contribution in [3.05, 3.63) is 156 Å². The van der Waals surface area contributed by atoms with Crippen molar-refractivity contribution in [2.75, 3.05) is 0 Å². The van der Waals surface area contributed by atoms with E-state index in [1.807, 2.05) is 24.5 Å². The Labute approximate surface area is 212 Å². The number of rotatable bonds is 4. The summed E-state index contributed by atoms with van der Waals surface area (Å²) in [5, 5.41) is 0. The number of nitrogens with zero attached hydrogens (tertiary/aromatic N) is 2. The molecule has 4 aliphatic rings. The molecule has 2 aromatic heterocycles. The van der Waals surface area contributed by atoms with E-state index in [1.54, 1.807) is 0 Å². The number of hydrogen-bond donors (Lipinski definition) is 0. The van der Waals surface area contributed by atoms with Crippen LogP contribution in [-0.4, -0.2) is 18.0 Å². The molecule has 6 rings (SSSR count). The maximum atomic E-state index is 4.65. The van der Waals surface area contributed by atoms with Crippen LogP contribution in [-0.2, 0) is 0 Å². The van der Waals surface area contributed by atoms with Crippen LogP contribution in [0.15, 0.2) is 85.2 Å². The highest BCUT2D eigenvalue weighted by Crippen LogP contribution is 2.64. The summed E-state index contributed by atoms with van der Waals surface area (Å²) in [6.07, 6.45) is 21.9. The van der Waals surface area contributed by atoms with Gasteiger partial charge in [-0.25, -0.2) is 0 Å². The van der Waals surface area contributed by atoms with Crippen LogP contribution in [0, 0.1) is 59.4 Å². The molecule has 2 fully saturated rings. The zero-order valence-corrected chi connectivity index (χ0v) is 21.6. The van der Waals surface area contributed by atoms with Crippen molar-refractivity contribution in [1.29, 1.82) is 0 Å². The van der Waals surface area contributed by atoms with Gasteiger partial charge in [0.25, 0.3) is 0 Å². The third-order valence-electron chi connectivity index (χ3n) is 7.39. The Morgan fingerprint density at radius 2 is 1.06 bits per heavy atom. The van der Waals surface area contributed by atoms with E-state index in [2.05, 4.69) is 110 Å². The molecule has 0 atom stereocenters. The molecular formula is C32H28N2Si. The maximum Gasteiger partial charge on any atom is 0.0668 e. The molecule has 0 spiro atoms. The van der Waals surface area contributed by atoms with Gasteiger partial charge in [0.1, 0.15) is 0 Å². The molecule has 4 aliphatic carbocycles. The quantitative estimate of drug-likeness (QED) is 0.454. The SMILES string of the molecule is C[C]1[CH][C]2[C](C=CC=C2c2ccccn2)[C]1[Si](C)(C)[C]1[C](C)[CH][C]2[C]1C=CC=C2c1ccccn1. The Morgan fingerprint density at radius 1 is 0.600 bits per heavy atom. The molecule has 0 aliphatic heterocycles. The van der Waals surface area contributed by atoms with E-state index in [4.69, 9.17) is 0 Å². The van der Waals surface area contributed by atoms with Gasteiger partial charge in [-0.1, -0.05) is 75.5 Å². The van der Waals surface area contributed by atoms with E-state index in [9.17, 15) is 0 Å². The fourth-order valence-electron chi connectivity index (χ4n) is 6.15. The van der Waals surface area contributed by atoms with Crippen LogP contribution < -0.4 is 0 Å². The molecule has 170 valence electrons. The van der Waals surface area contributed by atoms with Crippen molar-refractivity contribution >= 4 is 19.2 Å². The molecule has 35 heavy (non-hydrogen) atoms. The summed E-state index contributed by atoms with van der Waals surface area (Å²) in [5.41, 5.74) is 7.55. The summed E-state index contributed by atoms with van der Waals surface area (Å²) in [7, 11) is -2.06. The van der Waals surface area contributed by atoms with E-state index in [-0.39, 0.29) is 0 Å². The summed E-state index contributed by atoms with van der Waals surface area (Å²) >= 11 is 0. The van der Waals surface area contributed by atoms with Crippen LogP contribution in [0.1, 0.15) is 25.2 Å². The van der Waals surface area contributed by atoms with Crippen LogP contribution in [0.3, 0.4) is 0 Å². The molecule has 0 aromatic carbocycles. The summed E-state index contributed by atoms with van der Waals surface area (Å²) < 4.78 is 0. The first-order valence-corrected chi connectivity index (χ1v) is 15.2. The smallest absolute Gasteiger partial charge is 0.0668 e. The second-order valence-corrected chi connectivity index (χ2v) is 14.2. The zero-order chi connectivity index (χ0) is 24.2. The molecular weight excluding hydrogens is 440 g/mol. The fraction of sp³-hybridized carbons (Fsp3) is 0.125. The van der Waals surface area contributed by atoms with Gasteiger partial charge in [-0.3, -0.25) is 9.97 Å². The van der Waals surface area contributed by atoms with Gasteiger partial charge in [-0.15, -0.1) is 0 Å². The van der Waals surface area contributed by atoms with Gasteiger partial charge in [-0.05, 0) is 71.2 Å². The van der Waals surface area contributed by atoms with Crippen molar-refractivity contribution < 1.29 is 0 Å². The molecule has 3 heteroatoms. The summed E-state index contributed by atoms with van der Waals surface area (Å²) in [5.74, 6) is 8.13. The fourth-order valence-corrected chi connectivity index (χ4v) is 10.3. The van der Waals surface area contributed by atoms with Crippen LogP contribution in [0.2, 0.25) is 13.1 Å². The van der Waals surface area contributed by atoms with Crippen molar-refractivity contribution in [3.8, 4) is 0 Å². The maximum absolute atomic E-state index is 4.65. The predicted molar refractivity (Wildman–Crippen MR) is 146 cm³/mol. The van der Waals surface area contributed by atoms with Gasteiger partial charge in [0.05, 0.1) is 19.5 Å². The zero-order valence-electron chi connectivity index (χ0n) is 20.6. The average Bonchev–Trinajstić information content (AvgIpc) is 3.41. The van der Waals surface area contributed by atoms with Crippen molar-refractivity contribution in [3.63, 3.8) is 0 Å². The Kier molecular flexibility index (Phi) is 5.79. The van der Waals surface area contributed by atoms with Crippen LogP contribution in [0.25, 0.3) is 11.1 Å². The topological polar surface area (TPSA) is 25.8 Å². The average molecular weight is 469 g/mol. The monoisotopic (exact) mass is 468 g/mol. The van der Waals surface area contributed by atoms with Gasteiger partial charge in [0.2, 0.25) is 0 Å². The highest BCUT2D eigenvalue weighted by molar-refractivity contribution is 6.90. The predicted octanol–water partition coefficient (Wildman–Crippen LogP) is 6.94. The molecule has 0 saturated heterocycles. The number of hydrogen-bond acceptors (Lipinski definition) is 2. The molecule has 2 saturated carbocycles.